The lowest BCUT2D eigenvalue weighted by atomic mass is 10.3. The van der Waals surface area contributed by atoms with E-state index in [1.165, 1.54) is 12.5 Å². The van der Waals surface area contributed by atoms with Gasteiger partial charge in [-0.1, -0.05) is 6.08 Å². The summed E-state index contributed by atoms with van der Waals surface area (Å²) in [6.45, 7) is 5.29. The van der Waals surface area contributed by atoms with Crippen LogP contribution < -0.4 is 0 Å². The molecule has 1 heterocycles. The molecule has 1 fully saturated rings. The molecule has 1 radical (unpaired) electrons. The predicted molar refractivity (Wildman–Crippen MR) is 46.0 cm³/mol. The molecule has 0 aromatic rings. The quantitative estimate of drug-likeness (QED) is 0.592. The molecule has 0 spiro atoms. The minimum Gasteiger partial charge on any atom is -0.462 e. The van der Waals surface area contributed by atoms with E-state index in [4.69, 9.17) is 14.2 Å². The summed E-state index contributed by atoms with van der Waals surface area (Å²) in [5.41, 5.74) is 0. The fraction of sp³-hybridized carbons (Fsp3) is 0.556. The Morgan fingerprint density at radius 2 is 2.46 bits per heavy atom. The van der Waals surface area contributed by atoms with Gasteiger partial charge in [0.25, 0.3) is 0 Å². The topological polar surface area (TPSA) is 44.8 Å². The van der Waals surface area contributed by atoms with Gasteiger partial charge in [-0.05, 0) is 0 Å². The van der Waals surface area contributed by atoms with Crippen LogP contribution in [-0.2, 0) is 19.0 Å². The van der Waals surface area contributed by atoms with Crippen LogP contribution in [0.4, 0.5) is 0 Å². The number of carbonyl (C=O) groups excluding carboxylic acids is 1. The second-order valence-corrected chi connectivity index (χ2v) is 2.60. The van der Waals surface area contributed by atoms with Crippen molar-refractivity contribution in [3.63, 3.8) is 0 Å². The molecule has 4 heteroatoms. The SMILES string of the molecule is C=C[CH]C(=O)OCC1COCCO1. The van der Waals surface area contributed by atoms with E-state index >= 15 is 0 Å². The Balaban J connectivity index is 2.09. The van der Waals surface area contributed by atoms with Crippen LogP contribution in [0.25, 0.3) is 0 Å². The lowest BCUT2D eigenvalue weighted by molar-refractivity contribution is -0.151. The van der Waals surface area contributed by atoms with Crippen molar-refractivity contribution in [2.45, 2.75) is 6.10 Å². The van der Waals surface area contributed by atoms with Crippen LogP contribution in [-0.4, -0.2) is 38.5 Å². The maximum absolute atomic E-state index is 10.8. The first-order valence-electron chi connectivity index (χ1n) is 4.15. The Morgan fingerprint density at radius 3 is 3.08 bits per heavy atom. The second kappa shape index (κ2) is 5.72. The fourth-order valence-electron chi connectivity index (χ4n) is 0.952. The maximum atomic E-state index is 10.8. The van der Waals surface area contributed by atoms with Crippen molar-refractivity contribution >= 4 is 5.97 Å². The first-order valence-corrected chi connectivity index (χ1v) is 4.15. The minimum absolute atomic E-state index is 0.129. The van der Waals surface area contributed by atoms with E-state index in [-0.39, 0.29) is 12.7 Å². The molecule has 0 aromatic heterocycles. The predicted octanol–water partition coefficient (Wildman–Crippen LogP) is 0.335. The monoisotopic (exact) mass is 185 g/mol. The molecule has 0 amide bonds. The highest BCUT2D eigenvalue weighted by Crippen LogP contribution is 2.01. The molecule has 1 unspecified atom stereocenters. The van der Waals surface area contributed by atoms with E-state index in [1.807, 2.05) is 0 Å². The van der Waals surface area contributed by atoms with Crippen molar-refractivity contribution in [2.75, 3.05) is 26.4 Å². The van der Waals surface area contributed by atoms with Gasteiger partial charge in [-0.2, -0.15) is 0 Å². The van der Waals surface area contributed by atoms with Crippen LogP contribution >= 0.6 is 0 Å². The van der Waals surface area contributed by atoms with E-state index in [1.54, 1.807) is 0 Å². The van der Waals surface area contributed by atoms with Gasteiger partial charge in [0.1, 0.15) is 12.7 Å². The van der Waals surface area contributed by atoms with Gasteiger partial charge < -0.3 is 14.2 Å². The normalized spacial score (nSPS) is 22.3. The Kier molecular flexibility index (Phi) is 4.49. The first-order chi connectivity index (χ1) is 6.33. The molecular weight excluding hydrogens is 172 g/mol. The number of rotatable bonds is 4. The molecule has 0 bridgehead atoms. The average molecular weight is 185 g/mol. The molecule has 4 nitrogen and oxygen atoms in total. The number of ether oxygens (including phenoxy) is 3. The molecule has 13 heavy (non-hydrogen) atoms. The fourth-order valence-corrected chi connectivity index (χ4v) is 0.952. The summed E-state index contributed by atoms with van der Waals surface area (Å²) in [6.07, 6.45) is 2.53. The first kappa shape index (κ1) is 10.2. The Labute approximate surface area is 77.5 Å². The van der Waals surface area contributed by atoms with Crippen molar-refractivity contribution in [1.29, 1.82) is 0 Å². The molecule has 0 N–H and O–H groups in total. The molecule has 1 saturated heterocycles. The Bertz CT molecular complexity index is 172. The van der Waals surface area contributed by atoms with E-state index in [2.05, 4.69) is 6.58 Å². The van der Waals surface area contributed by atoms with Crippen molar-refractivity contribution in [3.8, 4) is 0 Å². The van der Waals surface area contributed by atoms with E-state index in [0.717, 1.165) is 0 Å². The van der Waals surface area contributed by atoms with Crippen LogP contribution in [0.15, 0.2) is 12.7 Å². The molecule has 1 atom stereocenters. The summed E-state index contributed by atoms with van der Waals surface area (Å²) in [7, 11) is 0. The number of hydrogen-bond donors (Lipinski definition) is 0. The summed E-state index contributed by atoms with van der Waals surface area (Å²) in [6, 6.07) is 0. The van der Waals surface area contributed by atoms with Gasteiger partial charge in [0.2, 0.25) is 0 Å². The van der Waals surface area contributed by atoms with Gasteiger partial charge in [0, 0.05) is 0 Å². The molecule has 1 aliphatic heterocycles. The summed E-state index contributed by atoms with van der Waals surface area (Å²) in [4.78, 5) is 10.8. The zero-order valence-electron chi connectivity index (χ0n) is 7.40. The van der Waals surface area contributed by atoms with Gasteiger partial charge >= 0.3 is 5.97 Å². The van der Waals surface area contributed by atoms with E-state index < -0.39 is 5.97 Å². The highest BCUT2D eigenvalue weighted by atomic mass is 16.6. The van der Waals surface area contributed by atoms with Crippen molar-refractivity contribution in [3.05, 3.63) is 19.1 Å². The van der Waals surface area contributed by atoms with Gasteiger partial charge in [-0.3, -0.25) is 4.79 Å². The minimum atomic E-state index is -0.399. The largest absolute Gasteiger partial charge is 0.462 e. The van der Waals surface area contributed by atoms with Gasteiger partial charge in [-0.15, -0.1) is 6.58 Å². The second-order valence-electron chi connectivity index (χ2n) is 2.60. The summed E-state index contributed by atoms with van der Waals surface area (Å²) < 4.78 is 15.2. The van der Waals surface area contributed by atoms with E-state index in [9.17, 15) is 4.79 Å². The zero-order chi connectivity index (χ0) is 9.52. The maximum Gasteiger partial charge on any atom is 0.314 e. The Hall–Kier alpha value is -0.870. The van der Waals surface area contributed by atoms with Crippen molar-refractivity contribution in [2.24, 2.45) is 0 Å². The molecule has 1 aliphatic rings. The molecule has 0 aromatic carbocycles. The van der Waals surface area contributed by atoms with Gasteiger partial charge in [0.05, 0.1) is 26.2 Å². The van der Waals surface area contributed by atoms with Crippen LogP contribution in [0.2, 0.25) is 0 Å². The average Bonchev–Trinajstić information content (AvgIpc) is 2.17. The molecule has 0 saturated carbocycles. The van der Waals surface area contributed by atoms with Crippen molar-refractivity contribution < 1.29 is 19.0 Å². The third kappa shape index (κ3) is 4.05. The molecular formula is C9H13O4. The lowest BCUT2D eigenvalue weighted by Crippen LogP contribution is -2.33. The molecule has 0 aliphatic carbocycles. The third-order valence-electron chi connectivity index (χ3n) is 1.55. The number of carbonyl (C=O) groups is 1. The van der Waals surface area contributed by atoms with Crippen LogP contribution in [0, 0.1) is 6.42 Å². The number of hydrogen-bond acceptors (Lipinski definition) is 4. The van der Waals surface area contributed by atoms with E-state index in [0.29, 0.717) is 19.8 Å². The van der Waals surface area contributed by atoms with Gasteiger partial charge in [-0.25, -0.2) is 0 Å². The summed E-state index contributed by atoms with van der Waals surface area (Å²) in [5.74, 6) is -0.399. The highest BCUT2D eigenvalue weighted by molar-refractivity contribution is 5.81. The van der Waals surface area contributed by atoms with Crippen molar-refractivity contribution in [1.82, 2.24) is 0 Å². The Morgan fingerprint density at radius 1 is 1.62 bits per heavy atom. The number of esters is 1. The van der Waals surface area contributed by atoms with Crippen LogP contribution in [0.5, 0.6) is 0 Å². The standard InChI is InChI=1S/C9H13O4/c1-2-3-9(10)13-7-8-6-11-4-5-12-8/h2-3,8H,1,4-7H2. The van der Waals surface area contributed by atoms with Crippen LogP contribution in [0.1, 0.15) is 0 Å². The lowest BCUT2D eigenvalue weighted by Gasteiger charge is -2.22. The third-order valence-corrected chi connectivity index (χ3v) is 1.55. The van der Waals surface area contributed by atoms with Gasteiger partial charge in [0.15, 0.2) is 0 Å². The summed E-state index contributed by atoms with van der Waals surface area (Å²) in [5, 5.41) is 0. The summed E-state index contributed by atoms with van der Waals surface area (Å²) >= 11 is 0. The van der Waals surface area contributed by atoms with Crippen LogP contribution in [0.3, 0.4) is 0 Å². The molecule has 1 rings (SSSR count). The smallest absolute Gasteiger partial charge is 0.314 e. The highest BCUT2D eigenvalue weighted by Gasteiger charge is 2.15. The molecule has 73 valence electrons. The zero-order valence-corrected chi connectivity index (χ0v) is 7.40.